The molecule has 0 saturated carbocycles. The fourth-order valence-electron chi connectivity index (χ4n) is 1.52. The Morgan fingerprint density at radius 2 is 2.00 bits per heavy atom. The largest absolute Gasteiger partial charge is 0.381 e. The molecule has 0 aliphatic heterocycles. The molecule has 0 unspecified atom stereocenters. The number of imidazole rings is 1. The number of nitrogens with two attached hydrogens (primary N) is 1. The first-order valence-electron chi connectivity index (χ1n) is 5.86. The average molecular weight is 352 g/mol. The highest BCUT2D eigenvalue weighted by atomic mass is 32.2. The number of aromatic nitrogens is 2. The Kier molecular flexibility index (Phi) is 3.81. The van der Waals surface area contributed by atoms with E-state index < -0.39 is 24.6 Å². The van der Waals surface area contributed by atoms with Crippen LogP contribution in [0.2, 0.25) is 0 Å². The van der Waals surface area contributed by atoms with Gasteiger partial charge in [0.1, 0.15) is 0 Å². The van der Waals surface area contributed by atoms with E-state index in [-0.39, 0.29) is 17.4 Å². The summed E-state index contributed by atoms with van der Waals surface area (Å²) in [6.45, 7) is 2.64. The van der Waals surface area contributed by atoms with Crippen LogP contribution in [0.3, 0.4) is 0 Å². The number of rotatable bonds is 5. The predicted octanol–water partition coefficient (Wildman–Crippen LogP) is 0.0795. The molecule has 0 aromatic carbocycles. The lowest BCUT2D eigenvalue weighted by molar-refractivity contribution is 0.535. The van der Waals surface area contributed by atoms with Gasteiger partial charge in [0.2, 0.25) is 0 Å². The van der Waals surface area contributed by atoms with Crippen LogP contribution in [0.1, 0.15) is 13.8 Å². The van der Waals surface area contributed by atoms with Gasteiger partial charge >= 0.3 is 0 Å². The Bertz CT molecular complexity index is 877. The summed E-state index contributed by atoms with van der Waals surface area (Å²) in [5, 5.41) is 1.50. The first kappa shape index (κ1) is 16.2. The average Bonchev–Trinajstić information content (AvgIpc) is 2.84. The minimum Gasteiger partial charge on any atom is -0.381 e. The zero-order valence-corrected chi connectivity index (χ0v) is 14.1. The number of hydrogen-bond acceptors (Lipinski definition) is 7. The predicted molar refractivity (Wildman–Crippen MR) is 81.6 cm³/mol. The number of sulfone groups is 1. The van der Waals surface area contributed by atoms with Gasteiger partial charge in [0.05, 0.1) is 4.75 Å². The molecule has 0 atom stereocenters. The summed E-state index contributed by atoms with van der Waals surface area (Å²) < 4.78 is 50.4. The third-order valence-corrected chi connectivity index (χ3v) is 7.54. The molecule has 2 aromatic rings. The van der Waals surface area contributed by atoms with Crippen LogP contribution in [0, 0.1) is 0 Å². The van der Waals surface area contributed by atoms with Crippen molar-refractivity contribution in [3.63, 3.8) is 0 Å². The lowest BCUT2D eigenvalue weighted by Gasteiger charge is -2.22. The molecule has 11 heteroatoms. The van der Waals surface area contributed by atoms with Gasteiger partial charge in [-0.15, -0.1) is 11.3 Å². The lowest BCUT2D eigenvalue weighted by atomic mass is 10.2. The van der Waals surface area contributed by atoms with Gasteiger partial charge in [-0.2, -0.15) is 0 Å². The zero-order chi connectivity index (χ0) is 16.1. The van der Waals surface area contributed by atoms with Crippen LogP contribution in [0.15, 0.2) is 16.6 Å². The second kappa shape index (κ2) is 4.93. The quantitative estimate of drug-likeness (QED) is 0.785. The number of nitrogen functional groups attached to an aromatic ring is 1. The first-order chi connectivity index (χ1) is 9.46. The van der Waals surface area contributed by atoms with E-state index in [0.29, 0.717) is 4.96 Å². The monoisotopic (exact) mass is 352 g/mol. The van der Waals surface area contributed by atoms with Crippen molar-refractivity contribution < 1.29 is 16.8 Å². The number of hydrogen-bond donors (Lipinski definition) is 2. The second-order valence-corrected chi connectivity index (χ2v) is 10.4. The van der Waals surface area contributed by atoms with E-state index in [2.05, 4.69) is 9.71 Å². The molecule has 0 spiro atoms. The highest BCUT2D eigenvalue weighted by Crippen LogP contribution is 2.23. The van der Waals surface area contributed by atoms with Crippen molar-refractivity contribution in [3.05, 3.63) is 11.6 Å². The van der Waals surface area contributed by atoms with Crippen LogP contribution < -0.4 is 10.5 Å². The SMILES string of the molecule is CC(C)(CNS(=O)(=O)c1c(N)nc2sccn12)S(C)(=O)=O. The minimum atomic E-state index is -3.97. The van der Waals surface area contributed by atoms with Crippen molar-refractivity contribution in [2.45, 2.75) is 23.6 Å². The maximum Gasteiger partial charge on any atom is 0.260 e. The summed E-state index contributed by atoms with van der Waals surface area (Å²) in [5.74, 6) is -0.119. The van der Waals surface area contributed by atoms with Gasteiger partial charge in [-0.3, -0.25) is 4.40 Å². The molecule has 0 amide bonds. The molecular formula is C10H16N4O4S3. The van der Waals surface area contributed by atoms with Gasteiger partial charge in [0.15, 0.2) is 25.6 Å². The fraction of sp³-hybridized carbons (Fsp3) is 0.500. The van der Waals surface area contributed by atoms with Crippen molar-refractivity contribution in [3.8, 4) is 0 Å². The van der Waals surface area contributed by atoms with Crippen molar-refractivity contribution in [1.82, 2.24) is 14.1 Å². The Labute approximate surface area is 127 Å². The highest BCUT2D eigenvalue weighted by Gasteiger charge is 2.33. The lowest BCUT2D eigenvalue weighted by Crippen LogP contribution is -2.44. The normalized spacial score (nSPS) is 13.9. The van der Waals surface area contributed by atoms with Gasteiger partial charge in [-0.1, -0.05) is 0 Å². The van der Waals surface area contributed by atoms with Crippen LogP contribution in [0.4, 0.5) is 5.82 Å². The molecule has 0 fully saturated rings. The van der Waals surface area contributed by atoms with E-state index in [0.717, 1.165) is 6.26 Å². The van der Waals surface area contributed by atoms with Crippen molar-refractivity contribution in [2.75, 3.05) is 18.5 Å². The maximum atomic E-state index is 12.4. The summed E-state index contributed by atoms with van der Waals surface area (Å²) in [5.41, 5.74) is 5.65. The summed E-state index contributed by atoms with van der Waals surface area (Å²) in [4.78, 5) is 4.41. The number of nitrogens with zero attached hydrogens (tertiary/aromatic N) is 2. The number of fused-ring (bicyclic) bond motifs is 1. The van der Waals surface area contributed by atoms with Crippen LogP contribution in [-0.4, -0.2) is 43.8 Å². The standard InChI is InChI=1S/C10H16N4O4S3/c1-10(2,20(3,15)16)6-12-21(17,18)8-7(11)13-9-14(8)4-5-19-9/h4-5,12H,6,11H2,1-3H3. The highest BCUT2D eigenvalue weighted by molar-refractivity contribution is 7.92. The molecule has 0 aliphatic rings. The molecule has 2 rings (SSSR count). The molecule has 0 aliphatic carbocycles. The molecule has 0 bridgehead atoms. The summed E-state index contributed by atoms with van der Waals surface area (Å²) >= 11 is 1.25. The minimum absolute atomic E-state index is 0.119. The maximum absolute atomic E-state index is 12.4. The van der Waals surface area contributed by atoms with Gasteiger partial charge < -0.3 is 5.73 Å². The Hall–Kier alpha value is -1.17. The Balaban J connectivity index is 2.36. The molecule has 118 valence electrons. The van der Waals surface area contributed by atoms with Gasteiger partial charge in [-0.05, 0) is 13.8 Å². The molecule has 0 radical (unpaired) electrons. The molecular weight excluding hydrogens is 336 g/mol. The molecule has 2 heterocycles. The fourth-order valence-corrected chi connectivity index (χ4v) is 4.14. The topological polar surface area (TPSA) is 124 Å². The number of anilines is 1. The smallest absolute Gasteiger partial charge is 0.260 e. The van der Waals surface area contributed by atoms with E-state index in [1.165, 1.54) is 29.6 Å². The van der Waals surface area contributed by atoms with E-state index in [9.17, 15) is 16.8 Å². The first-order valence-corrected chi connectivity index (χ1v) is 10.1. The number of thiazole rings is 1. The van der Waals surface area contributed by atoms with Crippen molar-refractivity contribution in [1.29, 1.82) is 0 Å². The van der Waals surface area contributed by atoms with E-state index in [1.807, 2.05) is 0 Å². The third kappa shape index (κ3) is 2.91. The Morgan fingerprint density at radius 1 is 1.38 bits per heavy atom. The molecule has 3 N–H and O–H groups in total. The molecule has 8 nitrogen and oxygen atoms in total. The number of sulfonamides is 1. The van der Waals surface area contributed by atoms with Gasteiger partial charge in [0.25, 0.3) is 10.0 Å². The van der Waals surface area contributed by atoms with Crippen LogP contribution in [0.25, 0.3) is 4.96 Å². The van der Waals surface area contributed by atoms with Crippen LogP contribution >= 0.6 is 11.3 Å². The Morgan fingerprint density at radius 3 is 2.57 bits per heavy atom. The summed E-state index contributed by atoms with van der Waals surface area (Å²) in [6, 6.07) is 0. The second-order valence-electron chi connectivity index (χ2n) is 5.21. The van der Waals surface area contributed by atoms with E-state index in [4.69, 9.17) is 5.73 Å². The van der Waals surface area contributed by atoms with E-state index in [1.54, 1.807) is 11.6 Å². The van der Waals surface area contributed by atoms with Crippen molar-refractivity contribution in [2.24, 2.45) is 0 Å². The number of nitrogens with one attached hydrogen (secondary N) is 1. The molecule has 0 saturated heterocycles. The van der Waals surface area contributed by atoms with Gasteiger partial charge in [-0.25, -0.2) is 26.5 Å². The van der Waals surface area contributed by atoms with Crippen molar-refractivity contribution >= 4 is 42.0 Å². The molecule has 21 heavy (non-hydrogen) atoms. The third-order valence-electron chi connectivity index (χ3n) is 3.19. The molecule has 2 aromatic heterocycles. The van der Waals surface area contributed by atoms with Crippen LogP contribution in [0.5, 0.6) is 0 Å². The van der Waals surface area contributed by atoms with Gasteiger partial charge in [0, 0.05) is 24.4 Å². The zero-order valence-electron chi connectivity index (χ0n) is 11.7. The summed E-state index contributed by atoms with van der Waals surface area (Å²) in [6.07, 6.45) is 2.60. The summed E-state index contributed by atoms with van der Waals surface area (Å²) in [7, 11) is -7.38. The van der Waals surface area contributed by atoms with E-state index >= 15 is 0 Å². The van der Waals surface area contributed by atoms with Crippen LogP contribution in [-0.2, 0) is 19.9 Å².